The minimum Gasteiger partial charge on any atom is -0.486 e. The van der Waals surface area contributed by atoms with Crippen LogP contribution in [0.2, 0.25) is 0 Å². The lowest BCUT2D eigenvalue weighted by molar-refractivity contribution is 0.102. The predicted molar refractivity (Wildman–Crippen MR) is 109 cm³/mol. The lowest BCUT2D eigenvalue weighted by atomic mass is 10.00. The lowest BCUT2D eigenvalue weighted by Gasteiger charge is -2.29. The number of anilines is 2. The van der Waals surface area contributed by atoms with Gasteiger partial charge in [0.1, 0.15) is 31.1 Å². The van der Waals surface area contributed by atoms with Gasteiger partial charge in [0.05, 0.1) is 0 Å². The molecule has 29 heavy (non-hydrogen) atoms. The third-order valence-electron chi connectivity index (χ3n) is 5.14. The highest BCUT2D eigenvalue weighted by atomic mass is 16.6. The summed E-state index contributed by atoms with van der Waals surface area (Å²) in [5, 5.41) is 2.87. The first-order chi connectivity index (χ1) is 14.3. The molecule has 3 heterocycles. The molecule has 5 rings (SSSR count). The van der Waals surface area contributed by atoms with Crippen molar-refractivity contribution in [1.82, 2.24) is 9.97 Å². The number of amides is 1. The number of nitrogens with zero attached hydrogens (tertiary/aromatic N) is 3. The molecule has 3 aromatic rings. The lowest BCUT2D eigenvalue weighted by Crippen LogP contribution is -2.31. The van der Waals surface area contributed by atoms with E-state index < -0.39 is 0 Å². The molecule has 0 radical (unpaired) electrons. The molecule has 7 nitrogen and oxygen atoms in total. The van der Waals surface area contributed by atoms with Crippen molar-refractivity contribution in [2.24, 2.45) is 0 Å². The van der Waals surface area contributed by atoms with Crippen LogP contribution in [0.1, 0.15) is 21.6 Å². The second-order valence-corrected chi connectivity index (χ2v) is 7.01. The Morgan fingerprint density at radius 1 is 0.966 bits per heavy atom. The van der Waals surface area contributed by atoms with Crippen molar-refractivity contribution in [3.8, 4) is 11.5 Å². The summed E-state index contributed by atoms with van der Waals surface area (Å²) < 4.78 is 11.1. The zero-order valence-corrected chi connectivity index (χ0v) is 15.8. The number of carbonyl (C=O) groups excluding carboxylic acids is 1. The first-order valence-corrected chi connectivity index (χ1v) is 9.61. The summed E-state index contributed by atoms with van der Waals surface area (Å²) in [4.78, 5) is 23.4. The molecule has 0 fully saturated rings. The number of fused-ring (bicyclic) bond motifs is 2. The van der Waals surface area contributed by atoms with Crippen LogP contribution in [0.3, 0.4) is 0 Å². The Kier molecular flexibility index (Phi) is 4.48. The average Bonchev–Trinajstić information content (AvgIpc) is 2.79. The van der Waals surface area contributed by atoms with Gasteiger partial charge in [-0.15, -0.1) is 0 Å². The van der Waals surface area contributed by atoms with Gasteiger partial charge in [-0.25, -0.2) is 9.97 Å². The van der Waals surface area contributed by atoms with E-state index in [1.165, 1.54) is 17.5 Å². The quantitative estimate of drug-likeness (QED) is 0.743. The molecule has 146 valence electrons. The van der Waals surface area contributed by atoms with Crippen LogP contribution in [0.15, 0.2) is 54.9 Å². The van der Waals surface area contributed by atoms with Crippen molar-refractivity contribution in [2.45, 2.75) is 13.0 Å². The normalized spacial score (nSPS) is 14.8. The van der Waals surface area contributed by atoms with E-state index in [1.54, 1.807) is 24.3 Å². The Morgan fingerprint density at radius 3 is 2.69 bits per heavy atom. The summed E-state index contributed by atoms with van der Waals surface area (Å²) in [6.07, 6.45) is 2.40. The molecule has 1 N–H and O–H groups in total. The molecule has 1 aromatic heterocycles. The van der Waals surface area contributed by atoms with E-state index >= 15 is 0 Å². The maximum atomic E-state index is 12.7. The highest BCUT2D eigenvalue weighted by molar-refractivity contribution is 6.03. The molecule has 0 bridgehead atoms. The van der Waals surface area contributed by atoms with E-state index in [-0.39, 0.29) is 5.91 Å². The minimum absolute atomic E-state index is 0.289. The van der Waals surface area contributed by atoms with Crippen molar-refractivity contribution >= 4 is 17.4 Å². The zero-order chi connectivity index (χ0) is 19.6. The number of hydrogen-bond acceptors (Lipinski definition) is 6. The Bertz CT molecular complexity index is 1070. The second kappa shape index (κ2) is 7.43. The van der Waals surface area contributed by atoms with Gasteiger partial charge in [-0.05, 0) is 29.7 Å². The number of benzene rings is 2. The SMILES string of the molecule is O=C(Nc1ccc2c(c1)OCCO2)c1cc(N2CCc3ccccc3C2)ncn1. The van der Waals surface area contributed by atoms with Crippen LogP contribution in [0, 0.1) is 0 Å². The van der Waals surface area contributed by atoms with Gasteiger partial charge in [0.2, 0.25) is 0 Å². The molecule has 0 saturated carbocycles. The number of rotatable bonds is 3. The van der Waals surface area contributed by atoms with E-state index in [0.29, 0.717) is 36.1 Å². The van der Waals surface area contributed by atoms with Crippen LogP contribution in [-0.4, -0.2) is 35.6 Å². The maximum absolute atomic E-state index is 12.7. The van der Waals surface area contributed by atoms with Crippen molar-refractivity contribution in [3.05, 3.63) is 71.7 Å². The van der Waals surface area contributed by atoms with Gasteiger partial charge in [0.15, 0.2) is 11.5 Å². The summed E-state index contributed by atoms with van der Waals surface area (Å²) in [6.45, 7) is 2.66. The van der Waals surface area contributed by atoms with Crippen molar-refractivity contribution < 1.29 is 14.3 Å². The average molecular weight is 388 g/mol. The molecular weight excluding hydrogens is 368 g/mol. The number of hydrogen-bond donors (Lipinski definition) is 1. The van der Waals surface area contributed by atoms with E-state index in [0.717, 1.165) is 25.3 Å². The van der Waals surface area contributed by atoms with Gasteiger partial charge < -0.3 is 19.7 Å². The van der Waals surface area contributed by atoms with Gasteiger partial charge in [-0.1, -0.05) is 24.3 Å². The third-order valence-corrected chi connectivity index (χ3v) is 5.14. The standard InChI is InChI=1S/C22H20N4O3/c27-22(25-17-5-6-19-20(11-17)29-10-9-28-19)18-12-21(24-14-23-18)26-8-7-15-3-1-2-4-16(15)13-26/h1-6,11-12,14H,7-10,13H2,(H,25,27). The molecule has 1 amide bonds. The van der Waals surface area contributed by atoms with E-state index in [9.17, 15) is 4.79 Å². The Hall–Kier alpha value is -3.61. The van der Waals surface area contributed by atoms with E-state index in [1.807, 2.05) is 0 Å². The van der Waals surface area contributed by atoms with Crippen LogP contribution >= 0.6 is 0 Å². The minimum atomic E-state index is -0.289. The molecule has 0 aliphatic carbocycles. The number of carbonyl (C=O) groups is 1. The topological polar surface area (TPSA) is 76.6 Å². The van der Waals surface area contributed by atoms with Crippen molar-refractivity contribution in [1.29, 1.82) is 0 Å². The summed E-state index contributed by atoms with van der Waals surface area (Å²) in [5.74, 6) is 1.78. The van der Waals surface area contributed by atoms with Crippen molar-refractivity contribution in [3.63, 3.8) is 0 Å². The monoisotopic (exact) mass is 388 g/mol. The van der Waals surface area contributed by atoms with Crippen molar-refractivity contribution in [2.75, 3.05) is 30.0 Å². The Balaban J connectivity index is 1.33. The predicted octanol–water partition coefficient (Wildman–Crippen LogP) is 3.06. The molecule has 2 aliphatic rings. The van der Waals surface area contributed by atoms with Gasteiger partial charge in [0, 0.05) is 30.9 Å². The Morgan fingerprint density at radius 2 is 1.79 bits per heavy atom. The molecule has 0 atom stereocenters. The Labute approximate surface area is 168 Å². The van der Waals surface area contributed by atoms with E-state index in [2.05, 4.69) is 44.5 Å². The first kappa shape index (κ1) is 17.5. The largest absolute Gasteiger partial charge is 0.486 e. The first-order valence-electron chi connectivity index (χ1n) is 9.61. The fourth-order valence-corrected chi connectivity index (χ4v) is 3.65. The fraction of sp³-hybridized carbons (Fsp3) is 0.227. The molecule has 7 heteroatoms. The van der Waals surface area contributed by atoms with Crippen LogP contribution < -0.4 is 19.7 Å². The maximum Gasteiger partial charge on any atom is 0.274 e. The van der Waals surface area contributed by atoms with Crippen LogP contribution in [0.5, 0.6) is 11.5 Å². The number of aromatic nitrogens is 2. The summed E-state index contributed by atoms with van der Waals surface area (Å²) >= 11 is 0. The summed E-state index contributed by atoms with van der Waals surface area (Å²) in [6, 6.07) is 15.5. The summed E-state index contributed by atoms with van der Waals surface area (Å²) in [7, 11) is 0. The van der Waals surface area contributed by atoms with Gasteiger partial charge in [-0.3, -0.25) is 4.79 Å². The van der Waals surface area contributed by atoms with Crippen LogP contribution in [0.4, 0.5) is 11.5 Å². The highest BCUT2D eigenvalue weighted by Crippen LogP contribution is 2.32. The fourth-order valence-electron chi connectivity index (χ4n) is 3.65. The molecule has 0 spiro atoms. The van der Waals surface area contributed by atoms with Gasteiger partial charge in [-0.2, -0.15) is 0 Å². The third kappa shape index (κ3) is 3.59. The van der Waals surface area contributed by atoms with Gasteiger partial charge in [0.25, 0.3) is 5.91 Å². The zero-order valence-electron chi connectivity index (χ0n) is 15.8. The molecule has 0 unspecified atom stereocenters. The number of ether oxygens (including phenoxy) is 2. The molecular formula is C22H20N4O3. The van der Waals surface area contributed by atoms with Crippen LogP contribution in [-0.2, 0) is 13.0 Å². The molecule has 2 aromatic carbocycles. The summed E-state index contributed by atoms with van der Waals surface area (Å²) in [5.41, 5.74) is 3.61. The van der Waals surface area contributed by atoms with Crippen LogP contribution in [0.25, 0.3) is 0 Å². The van der Waals surface area contributed by atoms with E-state index in [4.69, 9.17) is 9.47 Å². The smallest absolute Gasteiger partial charge is 0.274 e. The second-order valence-electron chi connectivity index (χ2n) is 7.01. The molecule has 0 saturated heterocycles. The molecule has 2 aliphatic heterocycles. The van der Waals surface area contributed by atoms with Gasteiger partial charge >= 0.3 is 0 Å². The number of nitrogens with one attached hydrogen (secondary N) is 1. The highest BCUT2D eigenvalue weighted by Gasteiger charge is 2.19.